The van der Waals surface area contributed by atoms with E-state index in [0.717, 1.165) is 39.6 Å². The van der Waals surface area contributed by atoms with Gasteiger partial charge in [-0.1, -0.05) is 23.7 Å². The first kappa shape index (κ1) is 24.4. The molecule has 0 spiro atoms. The number of aromatic nitrogens is 2. The van der Waals surface area contributed by atoms with Crippen molar-refractivity contribution in [3.63, 3.8) is 0 Å². The van der Waals surface area contributed by atoms with E-state index in [0.29, 0.717) is 36.8 Å². The van der Waals surface area contributed by atoms with Gasteiger partial charge in [0.2, 0.25) is 0 Å². The molecule has 0 saturated carbocycles. The van der Waals surface area contributed by atoms with Gasteiger partial charge in [-0.15, -0.1) is 0 Å². The Morgan fingerprint density at radius 1 is 1.03 bits per heavy atom. The largest absolute Gasteiger partial charge is 0.494 e. The lowest BCUT2D eigenvalue weighted by molar-refractivity contribution is 0.0949. The van der Waals surface area contributed by atoms with Gasteiger partial charge in [0.15, 0.2) is 11.5 Å². The van der Waals surface area contributed by atoms with E-state index < -0.39 is 0 Å². The zero-order valence-corrected chi connectivity index (χ0v) is 20.8. The number of benzene rings is 3. The minimum atomic E-state index is -0.217. The van der Waals surface area contributed by atoms with Crippen LogP contribution in [0.25, 0.3) is 11.0 Å². The number of para-hydroxylation sites is 2. The maximum atomic E-state index is 12.8. The number of halogens is 1. The summed E-state index contributed by atoms with van der Waals surface area (Å²) in [6, 6.07) is 18.7. The van der Waals surface area contributed by atoms with Crippen LogP contribution >= 0.6 is 11.6 Å². The fraction of sp³-hybridized carbons (Fsp3) is 0.259. The Kier molecular flexibility index (Phi) is 7.77. The maximum Gasteiger partial charge on any atom is 0.251 e. The van der Waals surface area contributed by atoms with Gasteiger partial charge in [-0.05, 0) is 67.4 Å². The zero-order chi connectivity index (χ0) is 24.8. The molecule has 0 aliphatic rings. The normalized spacial score (nSPS) is 10.9. The number of methoxy groups -OCH3 is 2. The van der Waals surface area contributed by atoms with Gasteiger partial charge in [0, 0.05) is 17.1 Å². The van der Waals surface area contributed by atoms with Gasteiger partial charge in [0.1, 0.15) is 11.6 Å². The van der Waals surface area contributed by atoms with Crippen LogP contribution in [0.3, 0.4) is 0 Å². The van der Waals surface area contributed by atoms with E-state index in [1.54, 1.807) is 32.4 Å². The van der Waals surface area contributed by atoms with Gasteiger partial charge in [-0.3, -0.25) is 4.79 Å². The average Bonchev–Trinajstić information content (AvgIpc) is 3.24. The average molecular weight is 494 g/mol. The van der Waals surface area contributed by atoms with E-state index in [-0.39, 0.29) is 5.91 Å². The van der Waals surface area contributed by atoms with Crippen molar-refractivity contribution < 1.29 is 19.0 Å². The van der Waals surface area contributed by atoms with Crippen LogP contribution in [0.2, 0.25) is 5.02 Å². The van der Waals surface area contributed by atoms with Crippen molar-refractivity contribution in [2.45, 2.75) is 26.4 Å². The molecular weight excluding hydrogens is 466 g/mol. The standard InChI is InChI=1S/C27H28ClN3O4/c1-18-15-20(10-11-21(18)28)35-14-6-13-31-23-8-5-4-7-22(23)30-26(31)17-29-27(32)19-9-12-24(33-2)25(16-19)34-3/h4-5,7-12,15-16H,6,13-14,17H2,1-3H3,(H,29,32). The van der Waals surface area contributed by atoms with Crippen LogP contribution in [0, 0.1) is 6.92 Å². The number of carbonyl (C=O) groups excluding carboxylic acids is 1. The first-order valence-corrected chi connectivity index (χ1v) is 11.7. The summed E-state index contributed by atoms with van der Waals surface area (Å²) in [5, 5.41) is 3.69. The summed E-state index contributed by atoms with van der Waals surface area (Å²) in [5.74, 6) is 2.43. The molecular formula is C27H28ClN3O4. The molecule has 0 bridgehead atoms. The molecule has 1 heterocycles. The third-order valence-corrected chi connectivity index (χ3v) is 6.13. The summed E-state index contributed by atoms with van der Waals surface area (Å²) in [4.78, 5) is 17.6. The van der Waals surface area contributed by atoms with Crippen LogP contribution in [-0.2, 0) is 13.1 Å². The number of aryl methyl sites for hydroxylation is 2. The molecule has 0 fully saturated rings. The summed E-state index contributed by atoms with van der Waals surface area (Å²) < 4.78 is 18.6. The number of nitrogens with zero attached hydrogens (tertiary/aromatic N) is 2. The molecule has 1 amide bonds. The van der Waals surface area contributed by atoms with Crippen LogP contribution in [0.4, 0.5) is 0 Å². The lowest BCUT2D eigenvalue weighted by Gasteiger charge is -2.12. The Bertz CT molecular complexity index is 1340. The second kappa shape index (κ2) is 11.1. The van der Waals surface area contributed by atoms with E-state index in [4.69, 9.17) is 30.8 Å². The molecule has 3 aromatic carbocycles. The first-order valence-electron chi connectivity index (χ1n) is 11.3. The number of ether oxygens (including phenoxy) is 3. The molecule has 4 rings (SSSR count). The molecule has 0 atom stereocenters. The van der Waals surface area contributed by atoms with E-state index in [1.165, 1.54) is 0 Å². The molecule has 1 N–H and O–H groups in total. The van der Waals surface area contributed by atoms with E-state index in [9.17, 15) is 4.79 Å². The molecule has 0 saturated heterocycles. The number of hydrogen-bond acceptors (Lipinski definition) is 5. The van der Waals surface area contributed by atoms with Crippen LogP contribution in [-0.4, -0.2) is 36.3 Å². The van der Waals surface area contributed by atoms with Crippen molar-refractivity contribution in [3.05, 3.63) is 82.6 Å². The van der Waals surface area contributed by atoms with E-state index in [2.05, 4.69) is 9.88 Å². The third-order valence-electron chi connectivity index (χ3n) is 5.71. The topological polar surface area (TPSA) is 74.6 Å². The Morgan fingerprint density at radius 3 is 2.60 bits per heavy atom. The second-order valence-corrected chi connectivity index (χ2v) is 8.44. The van der Waals surface area contributed by atoms with Crippen molar-refractivity contribution in [1.82, 2.24) is 14.9 Å². The Balaban J connectivity index is 1.43. The van der Waals surface area contributed by atoms with Crippen molar-refractivity contribution in [2.24, 2.45) is 0 Å². The number of amides is 1. The molecule has 0 aliphatic heterocycles. The molecule has 0 radical (unpaired) electrons. The Hall–Kier alpha value is -3.71. The summed E-state index contributed by atoms with van der Waals surface area (Å²) in [6.07, 6.45) is 0.776. The minimum absolute atomic E-state index is 0.217. The van der Waals surface area contributed by atoms with Gasteiger partial charge >= 0.3 is 0 Å². The van der Waals surface area contributed by atoms with Gasteiger partial charge in [-0.2, -0.15) is 0 Å². The smallest absolute Gasteiger partial charge is 0.251 e. The van der Waals surface area contributed by atoms with Crippen LogP contribution in [0.1, 0.15) is 28.2 Å². The number of nitrogens with one attached hydrogen (secondary N) is 1. The summed E-state index contributed by atoms with van der Waals surface area (Å²) in [6.45, 7) is 3.49. The van der Waals surface area contributed by atoms with Gasteiger partial charge < -0.3 is 24.1 Å². The van der Waals surface area contributed by atoms with Crippen LogP contribution in [0.15, 0.2) is 60.7 Å². The molecule has 0 aliphatic carbocycles. The fourth-order valence-electron chi connectivity index (χ4n) is 3.87. The minimum Gasteiger partial charge on any atom is -0.494 e. The summed E-state index contributed by atoms with van der Waals surface area (Å²) in [5.41, 5.74) is 3.37. The molecule has 182 valence electrons. The number of fused-ring (bicyclic) bond motifs is 1. The predicted molar refractivity (Wildman–Crippen MR) is 137 cm³/mol. The van der Waals surface area contributed by atoms with Crippen molar-refractivity contribution in [1.29, 1.82) is 0 Å². The zero-order valence-electron chi connectivity index (χ0n) is 20.0. The number of carbonyl (C=O) groups is 1. The molecule has 0 unspecified atom stereocenters. The molecule has 7 nitrogen and oxygen atoms in total. The third kappa shape index (κ3) is 5.69. The van der Waals surface area contributed by atoms with Crippen molar-refractivity contribution in [3.8, 4) is 17.2 Å². The first-order chi connectivity index (χ1) is 17.0. The van der Waals surface area contributed by atoms with Gasteiger partial charge in [-0.25, -0.2) is 4.98 Å². The number of rotatable bonds is 10. The highest BCUT2D eigenvalue weighted by Crippen LogP contribution is 2.27. The lowest BCUT2D eigenvalue weighted by Crippen LogP contribution is -2.25. The van der Waals surface area contributed by atoms with Gasteiger partial charge in [0.25, 0.3) is 5.91 Å². The van der Waals surface area contributed by atoms with Crippen molar-refractivity contribution >= 4 is 28.5 Å². The second-order valence-electron chi connectivity index (χ2n) is 8.03. The number of hydrogen-bond donors (Lipinski definition) is 1. The highest BCUT2D eigenvalue weighted by atomic mass is 35.5. The summed E-state index contributed by atoms with van der Waals surface area (Å²) >= 11 is 6.09. The van der Waals surface area contributed by atoms with Gasteiger partial charge in [0.05, 0.1) is 38.4 Å². The molecule has 4 aromatic rings. The SMILES string of the molecule is COc1ccc(C(=O)NCc2nc3ccccc3n2CCCOc2ccc(Cl)c(C)c2)cc1OC. The molecule has 35 heavy (non-hydrogen) atoms. The fourth-order valence-corrected chi connectivity index (χ4v) is 3.99. The molecule has 8 heteroatoms. The number of imidazole rings is 1. The highest BCUT2D eigenvalue weighted by Gasteiger charge is 2.14. The summed E-state index contributed by atoms with van der Waals surface area (Å²) in [7, 11) is 3.10. The Morgan fingerprint density at radius 2 is 1.83 bits per heavy atom. The maximum absolute atomic E-state index is 12.8. The lowest BCUT2D eigenvalue weighted by atomic mass is 10.2. The highest BCUT2D eigenvalue weighted by molar-refractivity contribution is 6.31. The monoisotopic (exact) mass is 493 g/mol. The van der Waals surface area contributed by atoms with E-state index >= 15 is 0 Å². The Labute approximate surface area is 209 Å². The van der Waals surface area contributed by atoms with Crippen molar-refractivity contribution in [2.75, 3.05) is 20.8 Å². The quantitative estimate of drug-likeness (QED) is 0.299. The van der Waals surface area contributed by atoms with Crippen LogP contribution < -0.4 is 19.5 Å². The molecule has 1 aromatic heterocycles. The predicted octanol–water partition coefficient (Wildman–Crippen LogP) is 5.41. The van der Waals surface area contributed by atoms with Crippen LogP contribution in [0.5, 0.6) is 17.2 Å². The van der Waals surface area contributed by atoms with E-state index in [1.807, 2.05) is 49.4 Å².